The average molecular weight is 274 g/mol. The van der Waals surface area contributed by atoms with Crippen molar-refractivity contribution >= 4 is 16.0 Å². The van der Waals surface area contributed by atoms with Crippen LogP contribution in [0, 0.1) is 0 Å². The van der Waals surface area contributed by atoms with Crippen molar-refractivity contribution in [2.45, 2.75) is 4.90 Å². The van der Waals surface area contributed by atoms with Gasteiger partial charge in [-0.25, -0.2) is 8.42 Å². The molecule has 0 saturated heterocycles. The number of ether oxygens (including phenoxy) is 1. The van der Waals surface area contributed by atoms with E-state index in [1.54, 1.807) is 0 Å². The van der Waals surface area contributed by atoms with Gasteiger partial charge in [-0.3, -0.25) is 4.84 Å². The molecule has 0 radical (unpaired) electrons. The molecule has 8 heteroatoms. The summed E-state index contributed by atoms with van der Waals surface area (Å²) >= 11 is 0. The number of hydrogen-bond donors (Lipinski definition) is 0. The summed E-state index contributed by atoms with van der Waals surface area (Å²) in [4.78, 5) is 15.0. The van der Waals surface area contributed by atoms with Crippen molar-refractivity contribution in [3.05, 3.63) is 23.8 Å². The third kappa shape index (κ3) is 2.61. The molecule has 0 amide bonds. The van der Waals surface area contributed by atoms with Gasteiger partial charge in [-0.2, -0.15) is 0 Å². The number of sulfonamides is 1. The highest BCUT2D eigenvalue weighted by atomic mass is 32.2. The van der Waals surface area contributed by atoms with E-state index in [0.29, 0.717) is 4.47 Å². The predicted molar refractivity (Wildman–Crippen MR) is 59.3 cm³/mol. The predicted octanol–water partition coefficient (Wildman–Crippen LogP) is -0.759. The molecule has 0 aliphatic rings. The number of aromatic carboxylic acids is 1. The number of hydrogen-bond acceptors (Lipinski definition) is 6. The van der Waals surface area contributed by atoms with Gasteiger partial charge in [0.25, 0.3) is 10.0 Å². The van der Waals surface area contributed by atoms with Crippen LogP contribution in [0.25, 0.3) is 0 Å². The van der Waals surface area contributed by atoms with Crippen LogP contribution in [0.3, 0.4) is 0 Å². The lowest BCUT2D eigenvalue weighted by atomic mass is 10.2. The molecule has 0 aliphatic heterocycles. The Morgan fingerprint density at radius 1 is 1.33 bits per heavy atom. The summed E-state index contributed by atoms with van der Waals surface area (Å²) in [6, 6.07) is 3.39. The zero-order valence-electron chi connectivity index (χ0n) is 10.0. The first-order valence-corrected chi connectivity index (χ1v) is 6.21. The molecule has 100 valence electrons. The fraction of sp³-hybridized carbons (Fsp3) is 0.300. The average Bonchev–Trinajstić information content (AvgIpc) is 2.36. The van der Waals surface area contributed by atoms with Gasteiger partial charge in [0.1, 0.15) is 10.6 Å². The molecule has 18 heavy (non-hydrogen) atoms. The van der Waals surface area contributed by atoms with Gasteiger partial charge < -0.3 is 14.6 Å². The minimum atomic E-state index is -3.99. The highest BCUT2D eigenvalue weighted by molar-refractivity contribution is 7.89. The monoisotopic (exact) mass is 274 g/mol. The molecule has 7 nitrogen and oxygen atoms in total. The van der Waals surface area contributed by atoms with Gasteiger partial charge in [-0.15, -0.1) is 0 Å². The maximum absolute atomic E-state index is 12.0. The van der Waals surface area contributed by atoms with Gasteiger partial charge in [0.2, 0.25) is 0 Å². The van der Waals surface area contributed by atoms with Crippen LogP contribution in [-0.2, 0) is 14.9 Å². The number of carboxylic acid groups (broad SMARTS) is 1. The van der Waals surface area contributed by atoms with E-state index in [1.165, 1.54) is 33.4 Å². The topological polar surface area (TPSA) is 96.0 Å². The number of hydroxylamine groups is 1. The Morgan fingerprint density at radius 2 is 1.94 bits per heavy atom. The van der Waals surface area contributed by atoms with Gasteiger partial charge in [0.05, 0.1) is 20.2 Å². The Kier molecular flexibility index (Phi) is 4.28. The zero-order chi connectivity index (χ0) is 13.9. The fourth-order valence-electron chi connectivity index (χ4n) is 1.24. The lowest BCUT2D eigenvalue weighted by molar-refractivity contribution is -0.255. The van der Waals surface area contributed by atoms with E-state index in [-0.39, 0.29) is 16.2 Å². The van der Waals surface area contributed by atoms with Crippen molar-refractivity contribution in [3.8, 4) is 5.75 Å². The van der Waals surface area contributed by atoms with Crippen LogP contribution < -0.4 is 9.84 Å². The molecule has 1 aromatic rings. The number of benzene rings is 1. The van der Waals surface area contributed by atoms with Crippen molar-refractivity contribution in [1.29, 1.82) is 0 Å². The zero-order valence-corrected chi connectivity index (χ0v) is 10.9. The number of carbonyl (C=O) groups is 1. The Bertz CT molecular complexity index is 553. The minimum Gasteiger partial charge on any atom is -0.545 e. The maximum atomic E-state index is 12.0. The van der Waals surface area contributed by atoms with E-state index in [1.807, 2.05) is 0 Å². The summed E-state index contributed by atoms with van der Waals surface area (Å²) in [5.41, 5.74) is -0.265. The second-order valence-electron chi connectivity index (χ2n) is 3.25. The van der Waals surface area contributed by atoms with Gasteiger partial charge in [0, 0.05) is 7.05 Å². The molecule has 0 bridgehead atoms. The van der Waals surface area contributed by atoms with Crippen LogP contribution in [0.1, 0.15) is 10.4 Å². The fourth-order valence-corrected chi connectivity index (χ4v) is 2.40. The van der Waals surface area contributed by atoms with E-state index >= 15 is 0 Å². The van der Waals surface area contributed by atoms with Gasteiger partial charge in [0.15, 0.2) is 0 Å². The number of methoxy groups -OCH3 is 1. The van der Waals surface area contributed by atoms with Crippen LogP contribution in [0.4, 0.5) is 0 Å². The molecule has 0 aromatic heterocycles. The minimum absolute atomic E-state index is 0.0175. The van der Waals surface area contributed by atoms with E-state index in [2.05, 4.69) is 4.84 Å². The Labute approximate surface area is 105 Å². The second-order valence-corrected chi connectivity index (χ2v) is 5.15. The molecule has 0 unspecified atom stereocenters. The third-order valence-corrected chi connectivity index (χ3v) is 3.97. The largest absolute Gasteiger partial charge is 0.545 e. The number of carboxylic acids is 1. The van der Waals surface area contributed by atoms with Gasteiger partial charge in [-0.1, -0.05) is 4.47 Å². The van der Waals surface area contributed by atoms with Crippen molar-refractivity contribution in [3.63, 3.8) is 0 Å². The molecule has 0 N–H and O–H groups in total. The smallest absolute Gasteiger partial charge is 0.268 e. The Morgan fingerprint density at radius 3 is 2.39 bits per heavy atom. The first-order chi connectivity index (χ1) is 8.34. The van der Waals surface area contributed by atoms with E-state index in [9.17, 15) is 18.3 Å². The van der Waals surface area contributed by atoms with E-state index < -0.39 is 16.0 Å². The third-order valence-electron chi connectivity index (χ3n) is 2.27. The first-order valence-electron chi connectivity index (χ1n) is 4.77. The van der Waals surface area contributed by atoms with E-state index in [4.69, 9.17) is 4.74 Å². The Balaban J connectivity index is 3.46. The highest BCUT2D eigenvalue weighted by Crippen LogP contribution is 2.27. The molecule has 1 rings (SSSR count). The summed E-state index contributed by atoms with van der Waals surface area (Å²) in [5, 5.41) is 10.7. The number of nitrogens with zero attached hydrogens (tertiary/aromatic N) is 1. The second kappa shape index (κ2) is 5.34. The normalized spacial score (nSPS) is 11.6. The van der Waals surface area contributed by atoms with Crippen LogP contribution >= 0.6 is 0 Å². The molecule has 0 saturated carbocycles. The number of rotatable bonds is 5. The van der Waals surface area contributed by atoms with Crippen molar-refractivity contribution in [1.82, 2.24) is 4.47 Å². The van der Waals surface area contributed by atoms with Crippen LogP contribution in [0.5, 0.6) is 5.75 Å². The molecular weight excluding hydrogens is 262 g/mol. The van der Waals surface area contributed by atoms with Crippen molar-refractivity contribution in [2.75, 3.05) is 21.3 Å². The van der Waals surface area contributed by atoms with Crippen LogP contribution in [-0.4, -0.2) is 40.1 Å². The SMILES string of the molecule is COc1ccc(C(=O)[O-])cc1S(=O)(=O)N(C)OC. The summed E-state index contributed by atoms with van der Waals surface area (Å²) in [6.07, 6.45) is 0. The van der Waals surface area contributed by atoms with Crippen molar-refractivity contribution < 1.29 is 27.9 Å². The van der Waals surface area contributed by atoms with Crippen molar-refractivity contribution in [2.24, 2.45) is 0 Å². The molecular formula is C10H12NO6S-. The highest BCUT2D eigenvalue weighted by Gasteiger charge is 2.25. The number of carbonyl (C=O) groups excluding carboxylic acids is 1. The molecule has 0 atom stereocenters. The quantitative estimate of drug-likeness (QED) is 0.655. The standard InChI is InChI=1S/C10H13NO6S/c1-11(17-3)18(14,15)9-6-7(10(12)13)4-5-8(9)16-2/h4-6H,1-3H3,(H,12,13)/p-1. The van der Waals surface area contributed by atoms with Gasteiger partial charge in [-0.05, 0) is 23.8 Å². The first kappa shape index (κ1) is 14.4. The summed E-state index contributed by atoms with van der Waals surface area (Å²) < 4.78 is 29.5. The lowest BCUT2D eigenvalue weighted by Gasteiger charge is -2.17. The molecule has 0 fully saturated rings. The van der Waals surface area contributed by atoms with Crippen LogP contribution in [0.15, 0.2) is 23.1 Å². The summed E-state index contributed by atoms with van der Waals surface area (Å²) in [5.74, 6) is -1.46. The lowest BCUT2D eigenvalue weighted by Crippen LogP contribution is -2.27. The molecule has 0 spiro atoms. The molecule has 1 aromatic carbocycles. The van der Waals surface area contributed by atoms with Crippen LogP contribution in [0.2, 0.25) is 0 Å². The molecule has 0 aliphatic carbocycles. The Hall–Kier alpha value is -1.64. The van der Waals surface area contributed by atoms with Gasteiger partial charge >= 0.3 is 0 Å². The van der Waals surface area contributed by atoms with E-state index in [0.717, 1.165) is 6.07 Å². The summed E-state index contributed by atoms with van der Waals surface area (Å²) in [7, 11) is -0.361. The summed E-state index contributed by atoms with van der Waals surface area (Å²) in [6.45, 7) is 0. The molecule has 0 heterocycles. The maximum Gasteiger partial charge on any atom is 0.268 e.